The fourth-order valence-electron chi connectivity index (χ4n) is 5.27. The maximum atomic E-state index is 12.2. The van der Waals surface area contributed by atoms with Crippen molar-refractivity contribution in [3.05, 3.63) is 90.6 Å². The van der Waals surface area contributed by atoms with Crippen molar-refractivity contribution < 1.29 is 9.90 Å². The van der Waals surface area contributed by atoms with E-state index in [1.54, 1.807) is 6.20 Å². The number of aromatic nitrogens is 4. The fourth-order valence-corrected chi connectivity index (χ4v) is 5.27. The van der Waals surface area contributed by atoms with E-state index in [9.17, 15) is 9.90 Å². The Balaban J connectivity index is 1.69. The van der Waals surface area contributed by atoms with Gasteiger partial charge in [0, 0.05) is 23.0 Å². The molecule has 3 aromatic heterocycles. The Morgan fingerprint density at radius 3 is 2.18 bits per heavy atom. The summed E-state index contributed by atoms with van der Waals surface area (Å²) in [5.74, 6) is 1.000. The zero-order valence-corrected chi connectivity index (χ0v) is 22.8. The normalized spacial score (nSPS) is 12.0. The van der Waals surface area contributed by atoms with E-state index in [2.05, 4.69) is 4.98 Å². The summed E-state index contributed by atoms with van der Waals surface area (Å²) in [7, 11) is 0. The van der Waals surface area contributed by atoms with E-state index in [0.717, 1.165) is 28.0 Å². The third-order valence-electron chi connectivity index (χ3n) is 6.91. The smallest absolute Gasteiger partial charge is 0.408 e. The van der Waals surface area contributed by atoms with Crippen LogP contribution >= 0.6 is 0 Å². The number of benzene rings is 2. The highest BCUT2D eigenvalue weighted by Crippen LogP contribution is 2.36. The number of pyridine rings is 2. The number of fused-ring (bicyclic) bond motifs is 1. The number of amides is 1. The third kappa shape index (κ3) is 4.69. The van der Waals surface area contributed by atoms with Crippen molar-refractivity contribution in [3.8, 4) is 28.3 Å². The van der Waals surface area contributed by atoms with Gasteiger partial charge in [-0.05, 0) is 76.6 Å². The zero-order valence-electron chi connectivity index (χ0n) is 22.8. The number of nitrogen functional groups attached to an aromatic ring is 1. The maximum absolute atomic E-state index is 12.2. The van der Waals surface area contributed by atoms with Gasteiger partial charge in [0.15, 0.2) is 11.5 Å². The molecule has 0 aliphatic rings. The molecule has 3 heterocycles. The molecule has 0 radical (unpaired) electrons. The number of nitrogens with two attached hydrogens (primary N) is 1. The van der Waals surface area contributed by atoms with Crippen LogP contribution in [0.25, 0.3) is 39.5 Å². The first-order chi connectivity index (χ1) is 18.5. The first kappa shape index (κ1) is 25.9. The predicted molar refractivity (Wildman–Crippen MR) is 155 cm³/mol. The van der Waals surface area contributed by atoms with E-state index in [0.29, 0.717) is 22.9 Å². The second kappa shape index (κ2) is 9.54. The van der Waals surface area contributed by atoms with E-state index in [1.807, 2.05) is 118 Å². The van der Waals surface area contributed by atoms with Gasteiger partial charge in [-0.25, -0.2) is 19.7 Å². The maximum Gasteiger partial charge on any atom is 0.408 e. The molecule has 8 heteroatoms. The highest BCUT2D eigenvalue weighted by molar-refractivity contribution is 5.84. The molecule has 0 unspecified atom stereocenters. The quantitative estimate of drug-likeness (QED) is 0.265. The van der Waals surface area contributed by atoms with Gasteiger partial charge in [0.2, 0.25) is 0 Å². The Bertz CT molecular complexity index is 1650. The van der Waals surface area contributed by atoms with Gasteiger partial charge < -0.3 is 10.8 Å². The average molecular weight is 521 g/mol. The van der Waals surface area contributed by atoms with Crippen molar-refractivity contribution in [2.75, 3.05) is 5.73 Å². The number of anilines is 1. The Kier molecular flexibility index (Phi) is 6.34. The minimum absolute atomic E-state index is 0.373. The molecule has 2 aromatic carbocycles. The van der Waals surface area contributed by atoms with E-state index in [-0.39, 0.29) is 0 Å². The lowest BCUT2D eigenvalue weighted by Crippen LogP contribution is -2.54. The molecule has 0 aliphatic carbocycles. The van der Waals surface area contributed by atoms with Crippen LogP contribution in [-0.2, 0) is 5.54 Å². The lowest BCUT2D eigenvalue weighted by Gasteiger charge is -2.45. The number of hydrogen-bond donors (Lipinski definition) is 2. The Morgan fingerprint density at radius 1 is 0.872 bits per heavy atom. The van der Waals surface area contributed by atoms with Gasteiger partial charge in [-0.3, -0.25) is 9.47 Å². The van der Waals surface area contributed by atoms with Crippen LogP contribution in [0.5, 0.6) is 0 Å². The number of imidazole rings is 1. The molecular formula is C31H32N6O2. The summed E-state index contributed by atoms with van der Waals surface area (Å²) in [4.78, 5) is 27.9. The van der Waals surface area contributed by atoms with Crippen LogP contribution in [0.3, 0.4) is 0 Å². The van der Waals surface area contributed by atoms with Gasteiger partial charge >= 0.3 is 6.09 Å². The lowest BCUT2D eigenvalue weighted by molar-refractivity contribution is 0.0314. The fraction of sp³-hybridized carbons (Fsp3) is 0.226. The molecule has 3 N–H and O–H groups in total. The standard InChI is InChI=1S/C31H32N6O2/c1-30(2,3)37(29(38)39)31(4,5)21-13-15-22(16-14-21)36-27(23-12-9-19-33-26(23)32)35-25-18-17-24(34-28(25)36)20-10-7-6-8-11-20/h6-19H,1-5H3,(H2,32,33)(H,38,39). The Labute approximate surface area is 227 Å². The van der Waals surface area contributed by atoms with Crippen LogP contribution in [0.2, 0.25) is 0 Å². The van der Waals surface area contributed by atoms with E-state index >= 15 is 0 Å². The zero-order chi connectivity index (χ0) is 27.9. The molecule has 0 fully saturated rings. The molecule has 0 bridgehead atoms. The first-order valence-corrected chi connectivity index (χ1v) is 12.8. The minimum Gasteiger partial charge on any atom is -0.465 e. The lowest BCUT2D eigenvalue weighted by atomic mass is 9.88. The molecule has 5 rings (SSSR count). The van der Waals surface area contributed by atoms with Gasteiger partial charge in [-0.15, -0.1) is 0 Å². The van der Waals surface area contributed by atoms with Crippen LogP contribution in [0.1, 0.15) is 40.2 Å². The van der Waals surface area contributed by atoms with Crippen molar-refractivity contribution in [2.24, 2.45) is 0 Å². The van der Waals surface area contributed by atoms with Gasteiger partial charge in [-0.2, -0.15) is 0 Å². The molecule has 8 nitrogen and oxygen atoms in total. The Hall–Kier alpha value is -4.72. The molecule has 5 aromatic rings. The number of rotatable bonds is 5. The molecule has 0 saturated carbocycles. The molecular weight excluding hydrogens is 488 g/mol. The summed E-state index contributed by atoms with van der Waals surface area (Å²) >= 11 is 0. The topological polar surface area (TPSA) is 110 Å². The highest BCUT2D eigenvalue weighted by atomic mass is 16.4. The second-order valence-electron chi connectivity index (χ2n) is 11.0. The molecule has 0 aliphatic heterocycles. The van der Waals surface area contributed by atoms with E-state index in [1.165, 1.54) is 4.90 Å². The second-order valence-corrected chi connectivity index (χ2v) is 11.0. The van der Waals surface area contributed by atoms with Crippen molar-refractivity contribution in [3.63, 3.8) is 0 Å². The van der Waals surface area contributed by atoms with Gasteiger partial charge in [0.1, 0.15) is 11.3 Å². The van der Waals surface area contributed by atoms with Crippen molar-refractivity contribution in [1.82, 2.24) is 24.4 Å². The van der Waals surface area contributed by atoms with Gasteiger partial charge in [0.25, 0.3) is 0 Å². The first-order valence-electron chi connectivity index (χ1n) is 12.8. The summed E-state index contributed by atoms with van der Waals surface area (Å²) in [6.45, 7) is 9.53. The molecule has 0 atom stereocenters. The number of carbonyl (C=O) groups is 1. The number of nitrogens with zero attached hydrogens (tertiary/aromatic N) is 5. The van der Waals surface area contributed by atoms with Gasteiger partial charge in [0.05, 0.1) is 16.8 Å². The van der Waals surface area contributed by atoms with E-state index < -0.39 is 17.2 Å². The molecule has 198 valence electrons. The summed E-state index contributed by atoms with van der Waals surface area (Å²) in [5, 5.41) is 10.0. The van der Waals surface area contributed by atoms with E-state index in [4.69, 9.17) is 15.7 Å². The van der Waals surface area contributed by atoms with Gasteiger partial charge in [-0.1, -0.05) is 42.5 Å². The largest absolute Gasteiger partial charge is 0.465 e. The summed E-state index contributed by atoms with van der Waals surface area (Å²) < 4.78 is 1.98. The van der Waals surface area contributed by atoms with Crippen molar-refractivity contribution in [2.45, 2.75) is 45.7 Å². The number of carboxylic acid groups (broad SMARTS) is 1. The summed E-state index contributed by atoms with van der Waals surface area (Å²) in [6.07, 6.45) is 0.682. The van der Waals surface area contributed by atoms with Crippen LogP contribution in [0.4, 0.5) is 10.6 Å². The monoisotopic (exact) mass is 520 g/mol. The van der Waals surface area contributed by atoms with Crippen molar-refractivity contribution >= 4 is 23.1 Å². The minimum atomic E-state index is -0.968. The average Bonchev–Trinajstić information content (AvgIpc) is 3.26. The highest BCUT2D eigenvalue weighted by Gasteiger charge is 2.40. The summed E-state index contributed by atoms with van der Waals surface area (Å²) in [6, 6.07) is 25.5. The van der Waals surface area contributed by atoms with Crippen LogP contribution in [0, 0.1) is 0 Å². The predicted octanol–water partition coefficient (Wildman–Crippen LogP) is 6.75. The van der Waals surface area contributed by atoms with Crippen molar-refractivity contribution in [1.29, 1.82) is 0 Å². The Morgan fingerprint density at radius 2 is 1.56 bits per heavy atom. The van der Waals surface area contributed by atoms with Crippen LogP contribution in [0.15, 0.2) is 85.1 Å². The molecule has 0 saturated heterocycles. The molecule has 39 heavy (non-hydrogen) atoms. The molecule has 0 spiro atoms. The van der Waals surface area contributed by atoms with Crippen LogP contribution < -0.4 is 5.73 Å². The number of hydrogen-bond acceptors (Lipinski definition) is 5. The van der Waals surface area contributed by atoms with Crippen LogP contribution in [-0.4, -0.2) is 41.2 Å². The SMILES string of the molecule is CC(C)(C)N(C(=O)O)C(C)(C)c1ccc(-n2c(-c3cccnc3N)nc3ccc(-c4ccccc4)nc32)cc1. The third-order valence-corrected chi connectivity index (χ3v) is 6.91. The summed E-state index contributed by atoms with van der Waals surface area (Å²) in [5.41, 5.74) is 10.6. The molecule has 1 amide bonds.